The summed E-state index contributed by atoms with van der Waals surface area (Å²) in [5.74, 6) is 1.41. The molecule has 1 saturated heterocycles. The summed E-state index contributed by atoms with van der Waals surface area (Å²) in [5.41, 5.74) is 4.48. The molecular formula is C27H36N4O2. The molecule has 176 valence electrons. The van der Waals surface area contributed by atoms with Gasteiger partial charge in [0.2, 0.25) is 0 Å². The molecule has 6 heteroatoms. The topological polar surface area (TPSA) is 78.3 Å². The summed E-state index contributed by atoms with van der Waals surface area (Å²) in [6.45, 7) is 2.79. The van der Waals surface area contributed by atoms with Crippen LogP contribution in [0.1, 0.15) is 85.8 Å². The van der Waals surface area contributed by atoms with E-state index in [2.05, 4.69) is 27.3 Å². The number of anilines is 1. The highest BCUT2D eigenvalue weighted by Gasteiger charge is 2.37. The second kappa shape index (κ2) is 10.2. The number of aromatic nitrogens is 2. The summed E-state index contributed by atoms with van der Waals surface area (Å²) in [5, 5.41) is 13.5. The van der Waals surface area contributed by atoms with Crippen LogP contribution in [0.3, 0.4) is 0 Å². The molecule has 2 aliphatic heterocycles. The van der Waals surface area contributed by atoms with Crippen LogP contribution in [0.2, 0.25) is 0 Å². The number of carbonyl (C=O) groups is 1. The van der Waals surface area contributed by atoms with Gasteiger partial charge in [-0.1, -0.05) is 25.0 Å². The van der Waals surface area contributed by atoms with Crippen LogP contribution in [0.5, 0.6) is 0 Å². The number of aliphatic carboxylic acids is 1. The van der Waals surface area contributed by atoms with Gasteiger partial charge in [0, 0.05) is 42.2 Å². The highest BCUT2D eigenvalue weighted by molar-refractivity contribution is 5.76. The molecule has 0 aromatic carbocycles. The molecule has 4 heterocycles. The number of likely N-dealkylation sites (tertiary alicyclic amines) is 1. The van der Waals surface area contributed by atoms with Crippen LogP contribution >= 0.6 is 0 Å². The molecule has 1 aliphatic carbocycles. The van der Waals surface area contributed by atoms with Crippen LogP contribution in [0.25, 0.3) is 0 Å². The number of hydrogen-bond donors (Lipinski definition) is 2. The highest BCUT2D eigenvalue weighted by atomic mass is 16.4. The Hall–Kier alpha value is -2.47. The Balaban J connectivity index is 1.08. The molecule has 1 saturated carbocycles. The Morgan fingerprint density at radius 1 is 1.18 bits per heavy atom. The molecular weight excluding hydrogens is 412 g/mol. The predicted octanol–water partition coefficient (Wildman–Crippen LogP) is 4.96. The molecule has 2 aromatic rings. The largest absolute Gasteiger partial charge is 0.480 e. The number of carboxylic acids is 1. The third kappa shape index (κ3) is 5.37. The van der Waals surface area contributed by atoms with Crippen molar-refractivity contribution in [3.8, 4) is 0 Å². The molecule has 6 nitrogen and oxygen atoms in total. The van der Waals surface area contributed by atoms with Crippen LogP contribution in [-0.2, 0) is 17.6 Å². The number of nitrogens with one attached hydrogen (secondary N) is 1. The summed E-state index contributed by atoms with van der Waals surface area (Å²) < 4.78 is 0. The van der Waals surface area contributed by atoms with Crippen molar-refractivity contribution in [2.24, 2.45) is 5.92 Å². The van der Waals surface area contributed by atoms with Crippen LogP contribution in [0, 0.1) is 5.92 Å². The molecule has 2 atom stereocenters. The second-order valence-corrected chi connectivity index (χ2v) is 10.1. The number of hydrogen-bond acceptors (Lipinski definition) is 5. The molecule has 2 N–H and O–H groups in total. The van der Waals surface area contributed by atoms with Gasteiger partial charge >= 0.3 is 5.97 Å². The smallest absolute Gasteiger partial charge is 0.325 e. The van der Waals surface area contributed by atoms with Gasteiger partial charge in [0.1, 0.15) is 11.9 Å². The minimum absolute atomic E-state index is 0.460. The zero-order valence-electron chi connectivity index (χ0n) is 19.5. The average Bonchev–Trinajstić information content (AvgIpc) is 3.58. The fourth-order valence-corrected chi connectivity index (χ4v) is 5.60. The quantitative estimate of drug-likeness (QED) is 0.500. The number of unbranched alkanes of at least 4 members (excludes halogenated alkanes) is 2. The van der Waals surface area contributed by atoms with E-state index in [1.807, 2.05) is 12.1 Å². The predicted molar refractivity (Wildman–Crippen MR) is 129 cm³/mol. The lowest BCUT2D eigenvalue weighted by atomic mass is 9.99. The third-order valence-corrected chi connectivity index (χ3v) is 7.54. The summed E-state index contributed by atoms with van der Waals surface area (Å²) in [7, 11) is 0. The summed E-state index contributed by atoms with van der Waals surface area (Å²) in [6, 6.07) is 7.76. The number of fused-ring (bicyclic) bond motifs is 1. The molecule has 0 radical (unpaired) electrons. The van der Waals surface area contributed by atoms with Crippen LogP contribution in [0.15, 0.2) is 30.5 Å². The fraction of sp³-hybridized carbons (Fsp3) is 0.593. The van der Waals surface area contributed by atoms with E-state index in [-0.39, 0.29) is 0 Å². The van der Waals surface area contributed by atoms with Crippen molar-refractivity contribution in [2.45, 2.75) is 76.2 Å². The zero-order valence-corrected chi connectivity index (χ0v) is 19.5. The number of rotatable bonds is 10. The Morgan fingerprint density at radius 3 is 2.94 bits per heavy atom. The summed E-state index contributed by atoms with van der Waals surface area (Å²) >= 11 is 0. The summed E-state index contributed by atoms with van der Waals surface area (Å²) in [4.78, 5) is 23.8. The van der Waals surface area contributed by atoms with Gasteiger partial charge in [0.05, 0.1) is 0 Å². The number of nitrogens with zero attached hydrogens (tertiary/aromatic N) is 3. The fourth-order valence-electron chi connectivity index (χ4n) is 5.60. The molecule has 2 fully saturated rings. The maximum atomic E-state index is 12.2. The van der Waals surface area contributed by atoms with Crippen molar-refractivity contribution in [1.29, 1.82) is 0 Å². The lowest BCUT2D eigenvalue weighted by Gasteiger charge is -2.26. The van der Waals surface area contributed by atoms with E-state index in [4.69, 9.17) is 4.98 Å². The minimum Gasteiger partial charge on any atom is -0.480 e. The molecule has 0 bridgehead atoms. The van der Waals surface area contributed by atoms with E-state index in [1.165, 1.54) is 43.4 Å². The van der Waals surface area contributed by atoms with Crippen molar-refractivity contribution < 1.29 is 9.90 Å². The standard InChI is InChI=1S/C27H36N4O2/c32-27(33)25(23-9-5-15-28-24(23)20-10-11-20)31-17-14-19(18-31)6-2-1-3-8-22-13-12-21-7-4-16-29-26(21)30-22/h5,9,12-13,15,19-20,25H,1-4,6-8,10-11,14,16-18H2,(H,29,30)(H,32,33)/t19-,25?/m1/s1. The summed E-state index contributed by atoms with van der Waals surface area (Å²) in [6.07, 6.45) is 13.3. The number of pyridine rings is 2. The van der Waals surface area contributed by atoms with Gasteiger partial charge in [-0.25, -0.2) is 4.98 Å². The lowest BCUT2D eigenvalue weighted by Crippen LogP contribution is -2.33. The molecule has 2 aromatic heterocycles. The minimum atomic E-state index is -0.738. The first kappa shape index (κ1) is 22.3. The highest BCUT2D eigenvalue weighted by Crippen LogP contribution is 2.43. The van der Waals surface area contributed by atoms with Gasteiger partial charge in [-0.2, -0.15) is 0 Å². The van der Waals surface area contributed by atoms with Crippen LogP contribution in [-0.4, -0.2) is 45.6 Å². The van der Waals surface area contributed by atoms with E-state index < -0.39 is 12.0 Å². The van der Waals surface area contributed by atoms with E-state index in [0.29, 0.717) is 11.8 Å². The lowest BCUT2D eigenvalue weighted by molar-refractivity contribution is -0.143. The molecule has 0 spiro atoms. The van der Waals surface area contributed by atoms with E-state index >= 15 is 0 Å². The Kier molecular flexibility index (Phi) is 6.91. The van der Waals surface area contributed by atoms with Gasteiger partial charge in [0.25, 0.3) is 0 Å². The normalized spacial score (nSPS) is 21.4. The van der Waals surface area contributed by atoms with Crippen LogP contribution < -0.4 is 5.32 Å². The van der Waals surface area contributed by atoms with Crippen molar-refractivity contribution in [3.63, 3.8) is 0 Å². The van der Waals surface area contributed by atoms with Crippen molar-refractivity contribution >= 4 is 11.8 Å². The average molecular weight is 449 g/mol. The SMILES string of the molecule is O=C(O)C(c1cccnc1C1CC1)N1CC[C@@H](CCCCCc2ccc3c(n2)NCCC3)C1. The maximum absolute atomic E-state index is 12.2. The van der Waals surface area contributed by atoms with Gasteiger partial charge < -0.3 is 10.4 Å². The second-order valence-electron chi connectivity index (χ2n) is 10.1. The number of carboxylic acid groups (broad SMARTS) is 1. The Bertz CT molecular complexity index is 974. The maximum Gasteiger partial charge on any atom is 0.325 e. The Morgan fingerprint density at radius 2 is 2.09 bits per heavy atom. The molecule has 3 aliphatic rings. The first-order valence-corrected chi connectivity index (χ1v) is 12.8. The van der Waals surface area contributed by atoms with Gasteiger partial charge in [0.15, 0.2) is 0 Å². The van der Waals surface area contributed by atoms with Gasteiger partial charge in [-0.15, -0.1) is 0 Å². The van der Waals surface area contributed by atoms with E-state index in [0.717, 1.165) is 68.8 Å². The Labute approximate surface area is 196 Å². The van der Waals surface area contributed by atoms with E-state index in [1.54, 1.807) is 6.20 Å². The van der Waals surface area contributed by atoms with Crippen LogP contribution in [0.4, 0.5) is 5.82 Å². The van der Waals surface area contributed by atoms with Crippen molar-refractivity contribution in [1.82, 2.24) is 14.9 Å². The zero-order chi connectivity index (χ0) is 22.6. The van der Waals surface area contributed by atoms with Gasteiger partial charge in [-0.3, -0.25) is 14.7 Å². The van der Waals surface area contributed by atoms with Crippen molar-refractivity contribution in [3.05, 3.63) is 53.0 Å². The van der Waals surface area contributed by atoms with Gasteiger partial charge in [-0.05, 0) is 81.5 Å². The molecule has 5 rings (SSSR count). The van der Waals surface area contributed by atoms with Crippen molar-refractivity contribution in [2.75, 3.05) is 25.0 Å². The molecule has 1 unspecified atom stereocenters. The number of aryl methyl sites for hydroxylation is 2. The first-order valence-electron chi connectivity index (χ1n) is 12.8. The monoisotopic (exact) mass is 448 g/mol. The third-order valence-electron chi connectivity index (χ3n) is 7.54. The molecule has 0 amide bonds. The van der Waals surface area contributed by atoms with E-state index in [9.17, 15) is 9.90 Å². The first-order chi connectivity index (χ1) is 16.2. The molecule has 33 heavy (non-hydrogen) atoms.